The second-order valence-electron chi connectivity index (χ2n) is 4.97. The van der Waals surface area contributed by atoms with Crippen molar-refractivity contribution in [1.29, 1.82) is 0 Å². The van der Waals surface area contributed by atoms with E-state index in [0.717, 1.165) is 25.9 Å². The van der Waals surface area contributed by atoms with E-state index in [-0.39, 0.29) is 5.91 Å². The molecule has 0 aromatic rings. The molecule has 88 valence electrons. The minimum Gasteiger partial charge on any atom is -0.389 e. The fourth-order valence-electron chi connectivity index (χ4n) is 1.79. The summed E-state index contributed by atoms with van der Waals surface area (Å²) in [5.74, 6) is 0.163. The van der Waals surface area contributed by atoms with Crippen molar-refractivity contribution in [1.82, 2.24) is 10.2 Å². The number of nitrogens with zero attached hydrogens (tertiary/aromatic N) is 1. The number of aliphatic hydroxyl groups is 1. The molecule has 1 aliphatic heterocycles. The highest BCUT2D eigenvalue weighted by Gasteiger charge is 2.22. The summed E-state index contributed by atoms with van der Waals surface area (Å²) in [6.45, 7) is 7.48. The molecule has 1 heterocycles. The van der Waals surface area contributed by atoms with E-state index >= 15 is 0 Å². The summed E-state index contributed by atoms with van der Waals surface area (Å²) in [5, 5.41) is 12.9. The van der Waals surface area contributed by atoms with Gasteiger partial charge < -0.3 is 15.3 Å². The number of hydrogen-bond acceptors (Lipinski definition) is 3. The number of nitrogens with one attached hydrogen (secondary N) is 1. The van der Waals surface area contributed by atoms with Crippen molar-refractivity contribution in [2.45, 2.75) is 45.3 Å². The number of carbonyl (C=O) groups is 1. The Bertz CT molecular complexity index is 215. The average molecular weight is 214 g/mol. The van der Waals surface area contributed by atoms with E-state index < -0.39 is 5.60 Å². The normalized spacial score (nSPS) is 19.3. The van der Waals surface area contributed by atoms with Crippen LogP contribution in [0.5, 0.6) is 0 Å². The van der Waals surface area contributed by atoms with Crippen LogP contribution in [0, 0.1) is 0 Å². The Labute approximate surface area is 91.6 Å². The molecule has 0 aromatic carbocycles. The lowest BCUT2D eigenvalue weighted by Gasteiger charge is -2.33. The number of carbonyl (C=O) groups excluding carboxylic acids is 1. The predicted octanol–water partition coefficient (Wildman–Crippen LogP) is 0.358. The quantitative estimate of drug-likeness (QED) is 0.713. The van der Waals surface area contributed by atoms with Crippen molar-refractivity contribution in [2.75, 3.05) is 19.6 Å². The van der Waals surface area contributed by atoms with Gasteiger partial charge in [-0.2, -0.15) is 0 Å². The molecule has 1 fully saturated rings. The molecule has 4 heteroatoms. The first-order valence-electron chi connectivity index (χ1n) is 5.60. The van der Waals surface area contributed by atoms with Crippen LogP contribution in [0.3, 0.4) is 0 Å². The van der Waals surface area contributed by atoms with E-state index in [1.807, 2.05) is 4.90 Å². The summed E-state index contributed by atoms with van der Waals surface area (Å²) in [7, 11) is 0. The first kappa shape index (κ1) is 12.5. The Morgan fingerprint density at radius 2 is 2.00 bits per heavy atom. The zero-order valence-electron chi connectivity index (χ0n) is 9.92. The van der Waals surface area contributed by atoms with E-state index in [0.29, 0.717) is 12.6 Å². The van der Waals surface area contributed by atoms with Gasteiger partial charge in [-0.15, -0.1) is 0 Å². The van der Waals surface area contributed by atoms with Crippen LogP contribution in [0.1, 0.15) is 33.6 Å². The molecule has 0 spiro atoms. The summed E-state index contributed by atoms with van der Waals surface area (Å²) in [4.78, 5) is 13.0. The summed E-state index contributed by atoms with van der Waals surface area (Å²) in [6, 6.07) is 0.437. The summed E-state index contributed by atoms with van der Waals surface area (Å²) >= 11 is 0. The van der Waals surface area contributed by atoms with Gasteiger partial charge in [-0.3, -0.25) is 4.79 Å². The van der Waals surface area contributed by atoms with Gasteiger partial charge in [0.2, 0.25) is 5.91 Å². The summed E-state index contributed by atoms with van der Waals surface area (Å²) < 4.78 is 0. The van der Waals surface area contributed by atoms with Crippen LogP contribution in [0.15, 0.2) is 0 Å². The van der Waals surface area contributed by atoms with Crippen LogP contribution in [-0.4, -0.2) is 47.2 Å². The fourth-order valence-corrected chi connectivity index (χ4v) is 1.79. The molecule has 0 aromatic heterocycles. The highest BCUT2D eigenvalue weighted by molar-refractivity contribution is 5.73. The van der Waals surface area contributed by atoms with Gasteiger partial charge in [-0.05, 0) is 26.7 Å². The SMILES string of the molecule is CC(=O)N1CCC(NCC(C)(C)O)CC1. The Hall–Kier alpha value is -0.610. The maximum absolute atomic E-state index is 11.1. The fraction of sp³-hybridized carbons (Fsp3) is 0.909. The minimum atomic E-state index is -0.655. The molecule has 1 saturated heterocycles. The molecule has 0 unspecified atom stereocenters. The van der Waals surface area contributed by atoms with Crippen molar-refractivity contribution in [3.8, 4) is 0 Å². The Morgan fingerprint density at radius 1 is 1.47 bits per heavy atom. The molecule has 0 aliphatic carbocycles. The van der Waals surface area contributed by atoms with Crippen molar-refractivity contribution >= 4 is 5.91 Å². The van der Waals surface area contributed by atoms with Gasteiger partial charge in [0.05, 0.1) is 5.60 Å². The molecule has 0 radical (unpaired) electrons. The first-order valence-corrected chi connectivity index (χ1v) is 5.60. The van der Waals surface area contributed by atoms with Gasteiger partial charge in [0.1, 0.15) is 0 Å². The van der Waals surface area contributed by atoms with Gasteiger partial charge >= 0.3 is 0 Å². The van der Waals surface area contributed by atoms with Gasteiger partial charge in [0.25, 0.3) is 0 Å². The second kappa shape index (κ2) is 4.94. The van der Waals surface area contributed by atoms with Crippen molar-refractivity contribution in [3.63, 3.8) is 0 Å². The number of piperidine rings is 1. The topological polar surface area (TPSA) is 52.6 Å². The van der Waals surface area contributed by atoms with E-state index in [9.17, 15) is 9.90 Å². The molecular weight excluding hydrogens is 192 g/mol. The Kier molecular flexibility index (Phi) is 4.11. The van der Waals surface area contributed by atoms with Gasteiger partial charge in [-0.25, -0.2) is 0 Å². The Morgan fingerprint density at radius 3 is 2.40 bits per heavy atom. The maximum atomic E-state index is 11.1. The molecule has 15 heavy (non-hydrogen) atoms. The molecule has 2 N–H and O–H groups in total. The van der Waals surface area contributed by atoms with Gasteiger partial charge in [0.15, 0.2) is 0 Å². The minimum absolute atomic E-state index is 0.163. The molecule has 0 atom stereocenters. The van der Waals surface area contributed by atoms with Crippen LogP contribution in [0.4, 0.5) is 0 Å². The number of hydrogen-bond donors (Lipinski definition) is 2. The van der Waals surface area contributed by atoms with Crippen LogP contribution in [0.2, 0.25) is 0 Å². The summed E-state index contributed by atoms with van der Waals surface area (Å²) in [5.41, 5.74) is -0.655. The summed E-state index contributed by atoms with van der Waals surface area (Å²) in [6.07, 6.45) is 1.96. The molecule has 4 nitrogen and oxygen atoms in total. The van der Waals surface area contributed by atoms with Crippen molar-refractivity contribution in [3.05, 3.63) is 0 Å². The Balaban J connectivity index is 2.23. The molecular formula is C11H22N2O2. The third-order valence-electron chi connectivity index (χ3n) is 2.76. The standard InChI is InChI=1S/C11H22N2O2/c1-9(14)13-6-4-10(5-7-13)12-8-11(2,3)15/h10,12,15H,4-8H2,1-3H3. The lowest BCUT2D eigenvalue weighted by Crippen LogP contribution is -2.47. The highest BCUT2D eigenvalue weighted by Crippen LogP contribution is 2.11. The van der Waals surface area contributed by atoms with Crippen LogP contribution < -0.4 is 5.32 Å². The third kappa shape index (κ3) is 4.62. The molecule has 1 aliphatic rings. The predicted molar refractivity (Wildman–Crippen MR) is 59.6 cm³/mol. The highest BCUT2D eigenvalue weighted by atomic mass is 16.3. The average Bonchev–Trinajstić information content (AvgIpc) is 2.14. The van der Waals surface area contributed by atoms with Crippen LogP contribution in [0.25, 0.3) is 0 Å². The monoisotopic (exact) mass is 214 g/mol. The van der Waals surface area contributed by atoms with E-state index in [4.69, 9.17) is 0 Å². The maximum Gasteiger partial charge on any atom is 0.219 e. The van der Waals surface area contributed by atoms with E-state index in [1.165, 1.54) is 0 Å². The smallest absolute Gasteiger partial charge is 0.219 e. The van der Waals surface area contributed by atoms with Crippen LogP contribution in [-0.2, 0) is 4.79 Å². The molecule has 1 rings (SSSR count). The van der Waals surface area contributed by atoms with E-state index in [1.54, 1.807) is 20.8 Å². The molecule has 0 bridgehead atoms. The lowest BCUT2D eigenvalue weighted by atomic mass is 10.0. The zero-order chi connectivity index (χ0) is 11.5. The van der Waals surface area contributed by atoms with Gasteiger partial charge in [0, 0.05) is 32.6 Å². The first-order chi connectivity index (χ1) is 6.88. The number of amides is 1. The number of likely N-dealkylation sites (tertiary alicyclic amines) is 1. The van der Waals surface area contributed by atoms with Crippen molar-refractivity contribution in [2.24, 2.45) is 0 Å². The molecule has 1 amide bonds. The zero-order valence-corrected chi connectivity index (χ0v) is 9.92. The molecule has 0 saturated carbocycles. The largest absolute Gasteiger partial charge is 0.389 e. The van der Waals surface area contributed by atoms with Crippen molar-refractivity contribution < 1.29 is 9.90 Å². The third-order valence-corrected chi connectivity index (χ3v) is 2.76. The van der Waals surface area contributed by atoms with Gasteiger partial charge in [-0.1, -0.05) is 0 Å². The van der Waals surface area contributed by atoms with E-state index in [2.05, 4.69) is 5.32 Å². The number of rotatable bonds is 3. The second-order valence-corrected chi connectivity index (χ2v) is 4.97. The van der Waals surface area contributed by atoms with Crippen LogP contribution >= 0.6 is 0 Å². The lowest BCUT2D eigenvalue weighted by molar-refractivity contribution is -0.129.